The van der Waals surface area contributed by atoms with Gasteiger partial charge in [-0.15, -0.1) is 0 Å². The Bertz CT molecular complexity index is 481. The summed E-state index contributed by atoms with van der Waals surface area (Å²) in [4.78, 5) is 11.2. The Kier molecular flexibility index (Phi) is 2.60. The van der Waals surface area contributed by atoms with Crippen molar-refractivity contribution >= 4 is 22.0 Å². The van der Waals surface area contributed by atoms with Crippen molar-refractivity contribution in [2.75, 3.05) is 10.8 Å². The molecule has 0 bridgehead atoms. The summed E-state index contributed by atoms with van der Waals surface area (Å²) in [6.07, 6.45) is 1.65. The summed E-state index contributed by atoms with van der Waals surface area (Å²) in [7, 11) is -3.75. The molecule has 7 nitrogen and oxygen atoms in total. The van der Waals surface area contributed by atoms with E-state index in [0.717, 1.165) is 4.31 Å². The Hall–Kier alpha value is -1.54. The first-order chi connectivity index (χ1) is 7.52. The molecule has 0 aromatic carbocycles. The van der Waals surface area contributed by atoms with Gasteiger partial charge in [0.1, 0.15) is 6.04 Å². The highest BCUT2D eigenvalue weighted by Crippen LogP contribution is 2.24. The number of nitrogens with one attached hydrogen (secondary N) is 1. The molecule has 1 aromatic heterocycles. The average Bonchev–Trinajstić information content (AvgIpc) is 2.68. The van der Waals surface area contributed by atoms with Gasteiger partial charge in [-0.05, 0) is 12.5 Å². The number of furan rings is 1. The number of hydrogen-bond donors (Lipinski definition) is 2. The minimum atomic E-state index is -3.75. The van der Waals surface area contributed by atoms with E-state index in [2.05, 4.69) is 4.72 Å². The van der Waals surface area contributed by atoms with Gasteiger partial charge in [-0.3, -0.25) is 4.79 Å². The maximum atomic E-state index is 11.7. The van der Waals surface area contributed by atoms with Crippen LogP contribution in [0.5, 0.6) is 0 Å². The van der Waals surface area contributed by atoms with Crippen molar-refractivity contribution in [1.29, 1.82) is 0 Å². The van der Waals surface area contributed by atoms with Gasteiger partial charge in [0.15, 0.2) is 0 Å². The third-order valence-corrected chi connectivity index (χ3v) is 3.82. The van der Waals surface area contributed by atoms with Gasteiger partial charge in [-0.2, -0.15) is 13.1 Å². The van der Waals surface area contributed by atoms with Crippen LogP contribution in [0.25, 0.3) is 0 Å². The van der Waals surface area contributed by atoms with Crippen LogP contribution in [0.3, 0.4) is 0 Å². The Morgan fingerprint density at radius 2 is 2.38 bits per heavy atom. The van der Waals surface area contributed by atoms with Crippen molar-refractivity contribution in [3.63, 3.8) is 0 Å². The third kappa shape index (κ3) is 1.76. The molecular formula is C8H11N3O4S. The summed E-state index contributed by atoms with van der Waals surface area (Å²) in [6, 6.07) is 2.09. The van der Waals surface area contributed by atoms with Crippen molar-refractivity contribution in [3.8, 4) is 0 Å². The summed E-state index contributed by atoms with van der Waals surface area (Å²) >= 11 is 0. The predicted octanol–water partition coefficient (Wildman–Crippen LogP) is -0.822. The lowest BCUT2D eigenvalue weighted by molar-refractivity contribution is -0.119. The molecule has 1 aromatic rings. The van der Waals surface area contributed by atoms with E-state index >= 15 is 0 Å². The number of anilines is 1. The molecule has 2 rings (SSSR count). The highest BCUT2D eigenvalue weighted by molar-refractivity contribution is 7.91. The van der Waals surface area contributed by atoms with Crippen molar-refractivity contribution in [2.45, 2.75) is 12.5 Å². The first kappa shape index (κ1) is 11.0. The maximum Gasteiger partial charge on any atom is 0.304 e. The number of primary amides is 1. The van der Waals surface area contributed by atoms with Gasteiger partial charge in [-0.1, -0.05) is 0 Å². The Morgan fingerprint density at radius 1 is 1.62 bits per heavy atom. The molecule has 0 spiro atoms. The van der Waals surface area contributed by atoms with Gasteiger partial charge in [0.05, 0.1) is 6.26 Å². The van der Waals surface area contributed by atoms with Gasteiger partial charge >= 0.3 is 10.2 Å². The molecule has 1 saturated heterocycles. The Morgan fingerprint density at radius 3 is 2.94 bits per heavy atom. The molecule has 1 unspecified atom stereocenters. The zero-order valence-corrected chi connectivity index (χ0v) is 9.11. The van der Waals surface area contributed by atoms with Crippen LogP contribution < -0.4 is 14.8 Å². The van der Waals surface area contributed by atoms with Crippen molar-refractivity contribution in [3.05, 3.63) is 18.4 Å². The summed E-state index contributed by atoms with van der Waals surface area (Å²) < 4.78 is 31.7. The molecule has 16 heavy (non-hydrogen) atoms. The van der Waals surface area contributed by atoms with Crippen LogP contribution in [-0.2, 0) is 15.0 Å². The molecule has 0 radical (unpaired) electrons. The fraction of sp³-hybridized carbons (Fsp3) is 0.375. The number of hydrogen-bond acceptors (Lipinski definition) is 4. The van der Waals surface area contributed by atoms with E-state index in [1.54, 1.807) is 0 Å². The summed E-state index contributed by atoms with van der Waals surface area (Å²) in [6.45, 7) is 0.188. The molecule has 0 saturated carbocycles. The van der Waals surface area contributed by atoms with Gasteiger partial charge in [0.2, 0.25) is 11.8 Å². The first-order valence-corrected chi connectivity index (χ1v) is 6.08. The monoisotopic (exact) mass is 245 g/mol. The summed E-state index contributed by atoms with van der Waals surface area (Å²) in [5.74, 6) is -0.613. The van der Waals surface area contributed by atoms with Crippen LogP contribution in [0.4, 0.5) is 5.88 Å². The van der Waals surface area contributed by atoms with E-state index in [4.69, 9.17) is 10.2 Å². The van der Waals surface area contributed by atoms with Gasteiger partial charge in [0, 0.05) is 12.6 Å². The smallest absolute Gasteiger partial charge is 0.304 e. The second-order valence-corrected chi connectivity index (χ2v) is 4.99. The van der Waals surface area contributed by atoms with Crippen LogP contribution in [0.15, 0.2) is 22.8 Å². The number of nitrogens with zero attached hydrogens (tertiary/aromatic N) is 1. The van der Waals surface area contributed by atoms with Crippen LogP contribution in [0.2, 0.25) is 0 Å². The minimum absolute atomic E-state index is 0.0796. The van der Waals surface area contributed by atoms with Crippen LogP contribution in [-0.4, -0.2) is 26.9 Å². The average molecular weight is 245 g/mol. The molecule has 8 heteroatoms. The largest absolute Gasteiger partial charge is 0.448 e. The van der Waals surface area contributed by atoms with Gasteiger partial charge in [-0.25, -0.2) is 4.31 Å². The van der Waals surface area contributed by atoms with E-state index in [-0.39, 0.29) is 12.4 Å². The summed E-state index contributed by atoms with van der Waals surface area (Å²) in [5, 5.41) is 0. The SMILES string of the molecule is NC(=O)C1CCNS(=O)(=O)N1c1ccco1. The van der Waals surface area contributed by atoms with E-state index in [1.807, 2.05) is 0 Å². The normalized spacial score (nSPS) is 24.2. The number of rotatable bonds is 2. The standard InChI is InChI=1S/C8H11N3O4S/c9-8(12)6-3-4-10-16(13,14)11(6)7-2-1-5-15-7/h1-2,5-6,10H,3-4H2,(H2,9,12). The molecule has 1 fully saturated rings. The quantitative estimate of drug-likeness (QED) is 0.709. The molecule has 3 N–H and O–H groups in total. The van der Waals surface area contributed by atoms with E-state index in [9.17, 15) is 13.2 Å². The molecule has 1 aliphatic rings. The molecule has 1 amide bonds. The van der Waals surface area contributed by atoms with Crippen molar-refractivity contribution < 1.29 is 17.6 Å². The van der Waals surface area contributed by atoms with E-state index in [1.165, 1.54) is 18.4 Å². The first-order valence-electron chi connectivity index (χ1n) is 4.64. The molecule has 2 heterocycles. The highest BCUT2D eigenvalue weighted by atomic mass is 32.2. The molecule has 1 aliphatic heterocycles. The molecule has 0 aliphatic carbocycles. The second kappa shape index (κ2) is 3.80. The number of carbonyl (C=O) groups excluding carboxylic acids is 1. The molecule has 1 atom stereocenters. The fourth-order valence-corrected chi connectivity index (χ4v) is 3.00. The van der Waals surface area contributed by atoms with Crippen molar-refractivity contribution in [1.82, 2.24) is 4.72 Å². The van der Waals surface area contributed by atoms with Gasteiger partial charge < -0.3 is 10.2 Å². The lowest BCUT2D eigenvalue weighted by Gasteiger charge is -2.32. The third-order valence-electron chi connectivity index (χ3n) is 2.30. The Balaban J connectivity index is 2.45. The predicted molar refractivity (Wildman–Crippen MR) is 55.7 cm³/mol. The zero-order valence-electron chi connectivity index (χ0n) is 8.29. The maximum absolute atomic E-state index is 11.7. The summed E-state index contributed by atoms with van der Waals surface area (Å²) in [5.41, 5.74) is 5.17. The lowest BCUT2D eigenvalue weighted by atomic mass is 10.2. The zero-order chi connectivity index (χ0) is 11.8. The fourth-order valence-electron chi connectivity index (χ4n) is 1.60. The van der Waals surface area contributed by atoms with E-state index in [0.29, 0.717) is 6.42 Å². The number of amides is 1. The highest BCUT2D eigenvalue weighted by Gasteiger charge is 2.38. The minimum Gasteiger partial charge on any atom is -0.448 e. The molecular weight excluding hydrogens is 234 g/mol. The van der Waals surface area contributed by atoms with Crippen LogP contribution in [0, 0.1) is 0 Å². The van der Waals surface area contributed by atoms with Crippen LogP contribution in [0.1, 0.15) is 6.42 Å². The lowest BCUT2D eigenvalue weighted by Crippen LogP contribution is -2.57. The topological polar surface area (TPSA) is 106 Å². The number of carbonyl (C=O) groups is 1. The van der Waals surface area contributed by atoms with Crippen LogP contribution >= 0.6 is 0 Å². The van der Waals surface area contributed by atoms with E-state index < -0.39 is 22.2 Å². The van der Waals surface area contributed by atoms with Crippen molar-refractivity contribution in [2.24, 2.45) is 5.73 Å². The Labute approximate surface area is 92.4 Å². The molecule has 88 valence electrons. The number of nitrogens with two attached hydrogens (primary N) is 1. The second-order valence-electron chi connectivity index (χ2n) is 3.35. The van der Waals surface area contributed by atoms with Gasteiger partial charge in [0.25, 0.3) is 0 Å².